The summed E-state index contributed by atoms with van der Waals surface area (Å²) in [6, 6.07) is 4.59. The second kappa shape index (κ2) is 9.78. The number of fused-ring (bicyclic) bond motifs is 1. The van der Waals surface area contributed by atoms with Gasteiger partial charge < -0.3 is 19.5 Å². The third-order valence-corrected chi connectivity index (χ3v) is 6.96. The Balaban J connectivity index is 1.58. The van der Waals surface area contributed by atoms with Crippen molar-refractivity contribution >= 4 is 27.0 Å². The summed E-state index contributed by atoms with van der Waals surface area (Å²) >= 11 is 0. The average Bonchev–Trinajstić information content (AvgIpc) is 3.29. The molecule has 1 fully saturated rings. The van der Waals surface area contributed by atoms with E-state index in [-0.39, 0.29) is 17.8 Å². The van der Waals surface area contributed by atoms with Crippen LogP contribution in [0.4, 0.5) is 4.39 Å². The van der Waals surface area contributed by atoms with Crippen LogP contribution in [0.3, 0.4) is 0 Å². The van der Waals surface area contributed by atoms with E-state index in [1.165, 1.54) is 6.07 Å². The minimum absolute atomic E-state index is 0.0979. The van der Waals surface area contributed by atoms with Gasteiger partial charge in [-0.05, 0) is 16.4 Å². The Hall–Kier alpha value is -2.65. The van der Waals surface area contributed by atoms with E-state index in [9.17, 15) is 38.2 Å². The number of aliphatic hydroxyl groups excluding tert-OH is 2. The topological polar surface area (TPSA) is 213 Å². The molecule has 1 aliphatic heterocycles. The summed E-state index contributed by atoms with van der Waals surface area (Å²) < 4.78 is 55.8. The van der Waals surface area contributed by atoms with E-state index < -0.39 is 64.3 Å². The summed E-state index contributed by atoms with van der Waals surface area (Å²) in [5.41, 5.74) is -1.46. The molecular formula is C17H17FN3O12P2+. The minimum atomic E-state index is -4.98. The third kappa shape index (κ3) is 5.30. The number of phosphoric acid groups is 1. The molecule has 0 spiro atoms. The highest BCUT2D eigenvalue weighted by atomic mass is 31.2. The Morgan fingerprint density at radius 2 is 1.97 bits per heavy atom. The Morgan fingerprint density at radius 3 is 2.69 bits per heavy atom. The zero-order valence-corrected chi connectivity index (χ0v) is 19.1. The molecule has 18 heteroatoms. The van der Waals surface area contributed by atoms with E-state index in [1.54, 1.807) is 0 Å². The van der Waals surface area contributed by atoms with Crippen LogP contribution >= 0.6 is 16.1 Å². The van der Waals surface area contributed by atoms with Crippen molar-refractivity contribution in [3.05, 3.63) is 62.8 Å². The van der Waals surface area contributed by atoms with Gasteiger partial charge in [0.2, 0.25) is 0 Å². The van der Waals surface area contributed by atoms with Crippen molar-refractivity contribution in [2.24, 2.45) is 0 Å². The maximum absolute atomic E-state index is 13.4. The van der Waals surface area contributed by atoms with Gasteiger partial charge >= 0.3 is 21.8 Å². The van der Waals surface area contributed by atoms with Gasteiger partial charge in [0.25, 0.3) is 5.56 Å². The lowest BCUT2D eigenvalue weighted by Crippen LogP contribution is -2.43. The zero-order chi connectivity index (χ0) is 25.5. The molecule has 1 saturated heterocycles. The fourth-order valence-corrected chi connectivity index (χ4v) is 4.70. The van der Waals surface area contributed by atoms with Crippen molar-refractivity contribution in [2.75, 3.05) is 6.61 Å². The Labute approximate surface area is 194 Å². The fourth-order valence-electron chi connectivity index (χ4n) is 3.47. The van der Waals surface area contributed by atoms with Gasteiger partial charge in [-0.1, -0.05) is 5.16 Å². The van der Waals surface area contributed by atoms with Gasteiger partial charge in [0, 0.05) is 28.3 Å². The quantitative estimate of drug-likeness (QED) is 0.274. The number of aromatic nitrogens is 3. The standard InChI is InChI=1S/C17H16FN3O12P2/c18-8-1-2-9-10(19-32-11(9)5-8)6-21-13(22)3-4-20(17(21)25)16-15(24)14(23)12(31-16)7-30-35(28,29)33-34(26)27/h1-5,12,14-16,23-24H,6-7H2,(H-,26,27,28,29)/p+1/t12-,14?,15+,16-/m1/s1. The maximum atomic E-state index is 13.4. The van der Waals surface area contributed by atoms with Crippen molar-refractivity contribution in [1.29, 1.82) is 0 Å². The van der Waals surface area contributed by atoms with Crippen LogP contribution < -0.4 is 11.2 Å². The van der Waals surface area contributed by atoms with Crippen molar-refractivity contribution < 1.29 is 51.6 Å². The number of hydrogen-bond donors (Lipinski definition) is 4. The summed E-state index contributed by atoms with van der Waals surface area (Å²) in [6.45, 7) is -1.24. The monoisotopic (exact) mass is 536 g/mol. The lowest BCUT2D eigenvalue weighted by molar-refractivity contribution is -0.0546. The van der Waals surface area contributed by atoms with Gasteiger partial charge in [-0.15, -0.1) is 4.89 Å². The van der Waals surface area contributed by atoms with E-state index >= 15 is 0 Å². The van der Waals surface area contributed by atoms with Crippen LogP contribution in [-0.4, -0.2) is 59.2 Å². The Kier molecular flexibility index (Phi) is 7.11. The molecule has 0 bridgehead atoms. The summed E-state index contributed by atoms with van der Waals surface area (Å²) in [4.78, 5) is 43.3. The molecule has 0 saturated carbocycles. The number of halogens is 1. The smallest absolute Gasteiger partial charge is 0.387 e. The molecule has 1 aromatic carbocycles. The first kappa shape index (κ1) is 25.4. The summed E-state index contributed by atoms with van der Waals surface area (Å²) in [5.74, 6) is -0.571. The molecule has 6 atom stereocenters. The molecule has 35 heavy (non-hydrogen) atoms. The highest BCUT2D eigenvalue weighted by Gasteiger charge is 2.46. The van der Waals surface area contributed by atoms with Crippen LogP contribution in [0, 0.1) is 5.82 Å². The van der Waals surface area contributed by atoms with Crippen LogP contribution in [-0.2, 0) is 29.2 Å². The molecule has 2 aromatic heterocycles. The molecular weight excluding hydrogens is 519 g/mol. The average molecular weight is 536 g/mol. The van der Waals surface area contributed by atoms with E-state index in [1.807, 2.05) is 0 Å². The number of rotatable bonds is 8. The first-order valence-corrected chi connectivity index (χ1v) is 12.3. The summed E-state index contributed by atoms with van der Waals surface area (Å²) in [5, 5.41) is 24.7. The van der Waals surface area contributed by atoms with Crippen molar-refractivity contribution in [3.8, 4) is 0 Å². The molecule has 15 nitrogen and oxygen atoms in total. The van der Waals surface area contributed by atoms with E-state index in [0.717, 1.165) is 33.5 Å². The van der Waals surface area contributed by atoms with Gasteiger partial charge in [-0.25, -0.2) is 13.8 Å². The van der Waals surface area contributed by atoms with Gasteiger partial charge in [-0.3, -0.25) is 23.3 Å². The van der Waals surface area contributed by atoms with Crippen molar-refractivity contribution in [2.45, 2.75) is 31.1 Å². The second-order valence-corrected chi connectivity index (χ2v) is 9.65. The van der Waals surface area contributed by atoms with Crippen LogP contribution in [0.25, 0.3) is 11.0 Å². The molecule has 188 valence electrons. The number of hydrogen-bond acceptors (Lipinski definition) is 11. The van der Waals surface area contributed by atoms with Crippen LogP contribution in [0.2, 0.25) is 0 Å². The van der Waals surface area contributed by atoms with Gasteiger partial charge in [0.1, 0.15) is 29.8 Å². The van der Waals surface area contributed by atoms with Crippen molar-refractivity contribution in [1.82, 2.24) is 14.3 Å². The summed E-state index contributed by atoms with van der Waals surface area (Å²) in [6.07, 6.45) is -5.45. The highest BCUT2D eigenvalue weighted by molar-refractivity contribution is 7.55. The lowest BCUT2D eigenvalue weighted by atomic mass is 10.1. The minimum Gasteiger partial charge on any atom is -0.387 e. The van der Waals surface area contributed by atoms with E-state index in [4.69, 9.17) is 14.2 Å². The van der Waals surface area contributed by atoms with Gasteiger partial charge in [0.05, 0.1) is 13.2 Å². The molecule has 0 aliphatic carbocycles. The molecule has 4 N–H and O–H groups in total. The van der Waals surface area contributed by atoms with E-state index in [2.05, 4.69) is 14.0 Å². The first-order valence-electron chi connectivity index (χ1n) is 9.67. The predicted octanol–water partition coefficient (Wildman–Crippen LogP) is -0.259. The van der Waals surface area contributed by atoms with Crippen LogP contribution in [0.5, 0.6) is 0 Å². The largest absolute Gasteiger partial charge is 0.705 e. The Morgan fingerprint density at radius 1 is 1.23 bits per heavy atom. The number of nitrogens with zero attached hydrogens (tertiary/aromatic N) is 3. The highest BCUT2D eigenvalue weighted by Crippen LogP contribution is 2.51. The first-order chi connectivity index (χ1) is 16.5. The molecule has 3 aromatic rings. The van der Waals surface area contributed by atoms with Crippen molar-refractivity contribution in [3.63, 3.8) is 0 Å². The molecule has 3 unspecified atom stereocenters. The number of phosphoric ester groups is 1. The van der Waals surface area contributed by atoms with Crippen LogP contribution in [0.1, 0.15) is 11.9 Å². The van der Waals surface area contributed by atoms with E-state index in [0.29, 0.717) is 5.39 Å². The normalized spacial score (nSPS) is 24.5. The summed E-state index contributed by atoms with van der Waals surface area (Å²) in [7, 11) is -8.45. The maximum Gasteiger partial charge on any atom is 0.705 e. The molecule has 0 radical (unpaired) electrons. The number of benzene rings is 1. The van der Waals surface area contributed by atoms with Gasteiger partial charge in [0.15, 0.2) is 11.8 Å². The molecule has 4 rings (SSSR count). The lowest BCUT2D eigenvalue weighted by Gasteiger charge is -2.18. The third-order valence-electron chi connectivity index (χ3n) is 5.10. The number of ether oxygens (including phenoxy) is 1. The molecule has 0 amide bonds. The van der Waals surface area contributed by atoms with Gasteiger partial charge in [-0.2, -0.15) is 0 Å². The Bertz CT molecular complexity index is 1440. The second-order valence-electron chi connectivity index (χ2n) is 7.33. The fraction of sp³-hybridized carbons (Fsp3) is 0.353. The number of aliphatic hydroxyl groups is 2. The SMILES string of the molecule is O=c1ccn([C@@H]2O[C@H](COP(=O)(O)O[P+](=O)O)C(O)[C@@H]2O)c(=O)n1Cc1noc2cc(F)ccc12. The van der Waals surface area contributed by atoms with Crippen LogP contribution in [0.15, 0.2) is 44.6 Å². The molecule has 1 aliphatic rings. The molecule has 3 heterocycles. The zero-order valence-electron chi connectivity index (χ0n) is 17.3. The predicted molar refractivity (Wildman–Crippen MR) is 111 cm³/mol.